The predicted molar refractivity (Wildman–Crippen MR) is 125 cm³/mol. The maximum Gasteiger partial charge on any atom is 0.226 e. The highest BCUT2D eigenvalue weighted by atomic mass is 35.5. The molecule has 1 aromatic carbocycles. The number of amides is 1. The normalized spacial score (nSPS) is 19.9. The van der Waals surface area contributed by atoms with Crippen LogP contribution in [-0.4, -0.2) is 48.1 Å². The summed E-state index contributed by atoms with van der Waals surface area (Å²) in [6, 6.07) is 10.3. The number of ether oxygens (including phenoxy) is 2. The van der Waals surface area contributed by atoms with Gasteiger partial charge >= 0.3 is 0 Å². The van der Waals surface area contributed by atoms with Crippen LogP contribution in [-0.2, 0) is 4.79 Å². The lowest BCUT2D eigenvalue weighted by Crippen LogP contribution is -2.44. The van der Waals surface area contributed by atoms with Crippen molar-refractivity contribution >= 4 is 23.3 Å². The Balaban J connectivity index is 1.27. The first kappa shape index (κ1) is 21.4. The summed E-state index contributed by atoms with van der Waals surface area (Å²) in [5, 5.41) is 0.641. The number of pyridine rings is 1. The molecule has 0 spiro atoms. The SMILES string of the molecule is C[C@@H](c1ccc2c(c1)OCCCO2)N(C(=O)C1CCN(c2ccc(Cl)cn2)CC1)C1CC1. The molecule has 2 aliphatic heterocycles. The van der Waals surface area contributed by atoms with Crippen LogP contribution in [0.1, 0.15) is 50.6 Å². The number of benzene rings is 1. The summed E-state index contributed by atoms with van der Waals surface area (Å²) in [6.45, 7) is 5.15. The molecule has 7 heteroatoms. The zero-order chi connectivity index (χ0) is 22.1. The fraction of sp³-hybridized carbons (Fsp3) is 0.520. The van der Waals surface area contributed by atoms with Gasteiger partial charge in [-0.3, -0.25) is 4.79 Å². The summed E-state index contributed by atoms with van der Waals surface area (Å²) in [4.78, 5) is 22.5. The second kappa shape index (κ2) is 9.18. The second-order valence-electron chi connectivity index (χ2n) is 9.01. The van der Waals surface area contributed by atoms with Crippen molar-refractivity contribution in [2.75, 3.05) is 31.2 Å². The van der Waals surface area contributed by atoms with Crippen LogP contribution in [0.15, 0.2) is 36.5 Å². The number of hydrogen-bond acceptors (Lipinski definition) is 5. The summed E-state index contributed by atoms with van der Waals surface area (Å²) < 4.78 is 11.7. The highest BCUT2D eigenvalue weighted by molar-refractivity contribution is 6.30. The molecule has 0 N–H and O–H groups in total. The highest BCUT2D eigenvalue weighted by Gasteiger charge is 2.40. The van der Waals surface area contributed by atoms with E-state index in [0.29, 0.717) is 24.3 Å². The van der Waals surface area contributed by atoms with Crippen LogP contribution in [0, 0.1) is 5.92 Å². The van der Waals surface area contributed by atoms with Gasteiger partial charge in [0.2, 0.25) is 5.91 Å². The van der Waals surface area contributed by atoms with Crippen molar-refractivity contribution in [3.63, 3.8) is 0 Å². The molecule has 1 saturated carbocycles. The third-order valence-corrected chi connectivity index (χ3v) is 6.97. The third-order valence-electron chi connectivity index (χ3n) is 6.75. The number of rotatable bonds is 5. The summed E-state index contributed by atoms with van der Waals surface area (Å²) in [5.74, 6) is 2.86. The molecule has 6 nitrogen and oxygen atoms in total. The Hall–Kier alpha value is -2.47. The Kier molecular flexibility index (Phi) is 6.13. The summed E-state index contributed by atoms with van der Waals surface area (Å²) in [7, 11) is 0. The first-order valence-corrected chi connectivity index (χ1v) is 12.1. The van der Waals surface area contributed by atoms with Crippen LogP contribution in [0.4, 0.5) is 5.82 Å². The fourth-order valence-electron chi connectivity index (χ4n) is 4.76. The molecule has 170 valence electrons. The molecule has 1 amide bonds. The molecule has 1 aromatic heterocycles. The largest absolute Gasteiger partial charge is 0.490 e. The number of anilines is 1. The number of carbonyl (C=O) groups is 1. The number of aromatic nitrogens is 1. The number of fused-ring (bicyclic) bond motifs is 1. The number of hydrogen-bond donors (Lipinski definition) is 0. The smallest absolute Gasteiger partial charge is 0.226 e. The van der Waals surface area contributed by atoms with E-state index in [4.69, 9.17) is 21.1 Å². The third kappa shape index (κ3) is 4.51. The highest BCUT2D eigenvalue weighted by Crippen LogP contribution is 2.40. The van der Waals surface area contributed by atoms with Crippen molar-refractivity contribution < 1.29 is 14.3 Å². The van der Waals surface area contributed by atoms with Gasteiger partial charge in [0, 0.05) is 37.7 Å². The van der Waals surface area contributed by atoms with E-state index in [9.17, 15) is 4.79 Å². The molecular formula is C25H30ClN3O3. The maximum absolute atomic E-state index is 13.6. The van der Waals surface area contributed by atoms with E-state index in [1.807, 2.05) is 18.2 Å². The molecule has 0 radical (unpaired) electrons. The lowest BCUT2D eigenvalue weighted by molar-refractivity contribution is -0.139. The molecule has 32 heavy (non-hydrogen) atoms. The van der Waals surface area contributed by atoms with Gasteiger partial charge in [-0.15, -0.1) is 0 Å². The first-order valence-electron chi connectivity index (χ1n) is 11.7. The minimum atomic E-state index is 0.0168. The average Bonchev–Trinajstić information content (AvgIpc) is 3.67. The van der Waals surface area contributed by atoms with E-state index in [1.165, 1.54) is 0 Å². The zero-order valence-electron chi connectivity index (χ0n) is 18.5. The lowest BCUT2D eigenvalue weighted by atomic mass is 9.93. The van der Waals surface area contributed by atoms with Gasteiger partial charge in [-0.25, -0.2) is 4.98 Å². The van der Waals surface area contributed by atoms with Gasteiger partial charge in [0.25, 0.3) is 0 Å². The number of halogens is 1. The van der Waals surface area contributed by atoms with Gasteiger partial charge < -0.3 is 19.3 Å². The quantitative estimate of drug-likeness (QED) is 0.644. The Bertz CT molecular complexity index is 955. The summed E-state index contributed by atoms with van der Waals surface area (Å²) in [6.07, 6.45) is 6.44. The van der Waals surface area contributed by atoms with Crippen molar-refractivity contribution in [3.8, 4) is 11.5 Å². The number of nitrogens with zero attached hydrogens (tertiary/aromatic N) is 3. The van der Waals surface area contributed by atoms with Crippen LogP contribution in [0.2, 0.25) is 5.02 Å². The minimum Gasteiger partial charge on any atom is -0.490 e. The average molecular weight is 456 g/mol. The Labute approximate surface area is 194 Å². The molecule has 0 unspecified atom stereocenters. The molecule has 3 heterocycles. The molecule has 0 bridgehead atoms. The van der Waals surface area contributed by atoms with Crippen molar-refractivity contribution in [1.82, 2.24) is 9.88 Å². The van der Waals surface area contributed by atoms with Gasteiger partial charge in [-0.1, -0.05) is 17.7 Å². The van der Waals surface area contributed by atoms with Crippen molar-refractivity contribution in [3.05, 3.63) is 47.1 Å². The van der Waals surface area contributed by atoms with E-state index < -0.39 is 0 Å². The van der Waals surface area contributed by atoms with Crippen LogP contribution in [0.5, 0.6) is 11.5 Å². The predicted octanol–water partition coefficient (Wildman–Crippen LogP) is 4.86. The van der Waals surface area contributed by atoms with E-state index in [2.05, 4.69) is 33.8 Å². The maximum atomic E-state index is 13.6. The molecule has 2 aromatic rings. The first-order chi connectivity index (χ1) is 15.6. The monoisotopic (exact) mass is 455 g/mol. The van der Waals surface area contributed by atoms with Crippen LogP contribution < -0.4 is 14.4 Å². The lowest BCUT2D eigenvalue weighted by Gasteiger charge is -2.37. The van der Waals surface area contributed by atoms with Crippen LogP contribution >= 0.6 is 11.6 Å². The van der Waals surface area contributed by atoms with Gasteiger partial charge in [0.1, 0.15) is 5.82 Å². The Morgan fingerprint density at radius 1 is 1.09 bits per heavy atom. The fourth-order valence-corrected chi connectivity index (χ4v) is 4.87. The molecule has 1 atom stereocenters. The van der Waals surface area contributed by atoms with Gasteiger partial charge in [0.05, 0.1) is 24.3 Å². The van der Waals surface area contributed by atoms with Crippen molar-refractivity contribution in [2.24, 2.45) is 5.92 Å². The van der Waals surface area contributed by atoms with E-state index in [1.54, 1.807) is 6.20 Å². The van der Waals surface area contributed by atoms with E-state index >= 15 is 0 Å². The standard InChI is InChI=1S/C25H30ClN3O3/c1-17(19-3-7-22-23(15-19)32-14-2-13-31-22)29(21-5-6-21)25(30)18-9-11-28(12-10-18)24-8-4-20(26)16-27-24/h3-4,7-8,15-18,21H,2,5-6,9-14H2,1H3/t17-/m0/s1. The van der Waals surface area contributed by atoms with Crippen LogP contribution in [0.25, 0.3) is 0 Å². The number of carbonyl (C=O) groups excluding carboxylic acids is 1. The minimum absolute atomic E-state index is 0.0168. The Morgan fingerprint density at radius 2 is 1.84 bits per heavy atom. The molecule has 5 rings (SSSR count). The molecule has 2 fully saturated rings. The summed E-state index contributed by atoms with van der Waals surface area (Å²) >= 11 is 5.97. The second-order valence-corrected chi connectivity index (χ2v) is 9.44. The van der Waals surface area contributed by atoms with Crippen molar-refractivity contribution in [2.45, 2.75) is 51.1 Å². The summed E-state index contributed by atoms with van der Waals surface area (Å²) in [5.41, 5.74) is 1.11. The van der Waals surface area contributed by atoms with Crippen molar-refractivity contribution in [1.29, 1.82) is 0 Å². The molecular weight excluding hydrogens is 426 g/mol. The van der Waals surface area contributed by atoms with E-state index in [-0.39, 0.29) is 17.9 Å². The Morgan fingerprint density at radius 3 is 2.53 bits per heavy atom. The van der Waals surface area contributed by atoms with Gasteiger partial charge in [-0.05, 0) is 62.4 Å². The van der Waals surface area contributed by atoms with E-state index in [0.717, 1.165) is 68.1 Å². The number of piperidine rings is 1. The zero-order valence-corrected chi connectivity index (χ0v) is 19.3. The molecule has 1 aliphatic carbocycles. The van der Waals surface area contributed by atoms with Crippen LogP contribution in [0.3, 0.4) is 0 Å². The molecule has 1 saturated heterocycles. The molecule has 3 aliphatic rings. The van der Waals surface area contributed by atoms with Gasteiger partial charge in [-0.2, -0.15) is 0 Å². The topological polar surface area (TPSA) is 54.9 Å². The van der Waals surface area contributed by atoms with Gasteiger partial charge in [0.15, 0.2) is 11.5 Å².